The Morgan fingerprint density at radius 3 is 1.79 bits per heavy atom. The van der Waals surface area contributed by atoms with Crippen LogP contribution in [0.5, 0.6) is 0 Å². The summed E-state index contributed by atoms with van der Waals surface area (Å²) in [4.78, 5) is 0. The molecule has 272 valence electrons. The lowest BCUT2D eigenvalue weighted by Gasteiger charge is -2.18. The number of aromatic nitrogens is 3. The molecule has 0 amide bonds. The van der Waals surface area contributed by atoms with Crippen LogP contribution in [0, 0.1) is 0 Å². The van der Waals surface area contributed by atoms with Gasteiger partial charge in [0.25, 0.3) is 0 Å². The first-order valence-corrected chi connectivity index (χ1v) is 20.1. The number of fused-ring (bicyclic) bond motifs is 14. The monoisotopic (exact) mass is 741 g/mol. The molecule has 0 N–H and O–H groups in total. The van der Waals surface area contributed by atoms with Gasteiger partial charge in [0.05, 0.1) is 33.6 Å². The zero-order valence-corrected chi connectivity index (χ0v) is 31.5. The van der Waals surface area contributed by atoms with Crippen LogP contribution in [-0.2, 0) is 0 Å². The lowest BCUT2D eigenvalue weighted by atomic mass is 9.99. The molecule has 1 atom stereocenters. The van der Waals surface area contributed by atoms with Crippen molar-refractivity contribution in [1.29, 1.82) is 0 Å². The van der Waals surface area contributed by atoms with Gasteiger partial charge in [0.2, 0.25) is 0 Å². The summed E-state index contributed by atoms with van der Waals surface area (Å²) in [6, 6.07) is 62.2. The van der Waals surface area contributed by atoms with E-state index < -0.39 is 0 Å². The SMILES string of the molecule is C1=CCC(n2c3ccc(-c4ccc5c6c7c(ccc6n(-c6ccccc6)c5c4)oc4ccccc47)cc3c3c4c5ccccc5n(-c5ccccc5)c4ccc32)C=C1. The Bertz CT molecular complexity index is 3700. The summed E-state index contributed by atoms with van der Waals surface area (Å²) < 4.78 is 13.8. The molecular weight excluding hydrogens is 707 g/mol. The molecule has 1 aliphatic carbocycles. The van der Waals surface area contributed by atoms with Crippen molar-refractivity contribution in [2.75, 3.05) is 0 Å². The van der Waals surface area contributed by atoms with Gasteiger partial charge < -0.3 is 18.1 Å². The molecule has 4 nitrogen and oxygen atoms in total. The highest BCUT2D eigenvalue weighted by Gasteiger charge is 2.24. The molecule has 4 heterocycles. The maximum absolute atomic E-state index is 6.40. The van der Waals surface area contributed by atoms with Gasteiger partial charge in [-0.3, -0.25) is 0 Å². The summed E-state index contributed by atoms with van der Waals surface area (Å²) in [5.74, 6) is 0. The first-order chi connectivity index (χ1) is 28.8. The molecule has 0 aliphatic heterocycles. The van der Waals surface area contributed by atoms with Crippen molar-refractivity contribution in [2.24, 2.45) is 0 Å². The molecule has 0 bridgehead atoms. The number of allylic oxidation sites excluding steroid dienone is 4. The minimum atomic E-state index is 0.226. The van der Waals surface area contributed by atoms with E-state index in [1.165, 1.54) is 87.6 Å². The van der Waals surface area contributed by atoms with E-state index in [2.05, 4.69) is 202 Å². The number of furan rings is 1. The van der Waals surface area contributed by atoms with Gasteiger partial charge in [0.15, 0.2) is 0 Å². The summed E-state index contributed by atoms with van der Waals surface area (Å²) in [5, 5.41) is 9.88. The Labute approximate surface area is 333 Å². The van der Waals surface area contributed by atoms with Crippen LogP contribution in [0.4, 0.5) is 0 Å². The van der Waals surface area contributed by atoms with E-state index in [-0.39, 0.29) is 6.04 Å². The number of rotatable bonds is 4. The van der Waals surface area contributed by atoms with E-state index in [4.69, 9.17) is 4.42 Å². The quantitative estimate of drug-likeness (QED) is 0.176. The molecule has 1 aliphatic rings. The van der Waals surface area contributed by atoms with Gasteiger partial charge >= 0.3 is 0 Å². The summed E-state index contributed by atoms with van der Waals surface area (Å²) >= 11 is 0. The molecule has 4 aromatic heterocycles. The molecule has 0 fully saturated rings. The van der Waals surface area contributed by atoms with Gasteiger partial charge in [-0.1, -0.05) is 115 Å². The molecule has 0 saturated carbocycles. The van der Waals surface area contributed by atoms with Gasteiger partial charge in [0.1, 0.15) is 11.2 Å². The van der Waals surface area contributed by atoms with Crippen molar-refractivity contribution in [3.05, 3.63) is 194 Å². The van der Waals surface area contributed by atoms with E-state index in [1.807, 2.05) is 6.07 Å². The minimum absolute atomic E-state index is 0.226. The van der Waals surface area contributed by atoms with Crippen LogP contribution < -0.4 is 0 Å². The summed E-state index contributed by atoms with van der Waals surface area (Å²) in [6.07, 6.45) is 9.96. The first-order valence-electron chi connectivity index (χ1n) is 20.1. The second kappa shape index (κ2) is 12.0. The Morgan fingerprint density at radius 2 is 1.00 bits per heavy atom. The maximum Gasteiger partial charge on any atom is 0.136 e. The molecule has 8 aromatic carbocycles. The lowest BCUT2D eigenvalue weighted by Crippen LogP contribution is -2.06. The molecule has 12 aromatic rings. The molecular formula is C54H35N3O. The van der Waals surface area contributed by atoms with Crippen molar-refractivity contribution >= 4 is 87.4 Å². The third-order valence-electron chi connectivity index (χ3n) is 12.5. The Kier molecular flexibility index (Phi) is 6.53. The number of para-hydroxylation sites is 4. The topological polar surface area (TPSA) is 27.9 Å². The fourth-order valence-electron chi connectivity index (χ4n) is 10.1. The van der Waals surface area contributed by atoms with Crippen LogP contribution in [0.15, 0.2) is 199 Å². The van der Waals surface area contributed by atoms with E-state index in [1.54, 1.807) is 0 Å². The third kappa shape index (κ3) is 4.34. The van der Waals surface area contributed by atoms with Gasteiger partial charge in [-0.2, -0.15) is 0 Å². The fraction of sp³-hybridized carbons (Fsp3) is 0.0370. The maximum atomic E-state index is 6.40. The van der Waals surface area contributed by atoms with E-state index in [0.29, 0.717) is 0 Å². The van der Waals surface area contributed by atoms with Crippen molar-refractivity contribution in [3.8, 4) is 22.5 Å². The lowest BCUT2D eigenvalue weighted by molar-refractivity contribution is 0.648. The molecule has 1 unspecified atom stereocenters. The van der Waals surface area contributed by atoms with Crippen molar-refractivity contribution in [3.63, 3.8) is 0 Å². The van der Waals surface area contributed by atoms with Gasteiger partial charge in [-0.15, -0.1) is 0 Å². The minimum Gasteiger partial charge on any atom is -0.456 e. The fourth-order valence-corrected chi connectivity index (χ4v) is 10.1. The van der Waals surface area contributed by atoms with Gasteiger partial charge in [0, 0.05) is 60.0 Å². The van der Waals surface area contributed by atoms with E-state index >= 15 is 0 Å². The normalized spacial score (nSPS) is 14.5. The van der Waals surface area contributed by atoms with Crippen LogP contribution in [0.1, 0.15) is 12.5 Å². The van der Waals surface area contributed by atoms with Crippen molar-refractivity contribution in [2.45, 2.75) is 12.5 Å². The van der Waals surface area contributed by atoms with Crippen LogP contribution in [0.2, 0.25) is 0 Å². The molecule has 58 heavy (non-hydrogen) atoms. The number of nitrogens with zero attached hydrogens (tertiary/aromatic N) is 3. The largest absolute Gasteiger partial charge is 0.456 e. The van der Waals surface area contributed by atoms with Crippen LogP contribution in [0.25, 0.3) is 110 Å². The smallest absolute Gasteiger partial charge is 0.136 e. The Hall–Kier alpha value is -7.56. The zero-order valence-electron chi connectivity index (χ0n) is 31.5. The van der Waals surface area contributed by atoms with Crippen LogP contribution in [0.3, 0.4) is 0 Å². The molecule has 0 radical (unpaired) electrons. The number of benzene rings is 8. The third-order valence-corrected chi connectivity index (χ3v) is 12.5. The summed E-state index contributed by atoms with van der Waals surface area (Å²) in [7, 11) is 0. The van der Waals surface area contributed by atoms with Crippen molar-refractivity contribution in [1.82, 2.24) is 13.7 Å². The average Bonchev–Trinajstić information content (AvgIpc) is 4.03. The second-order valence-corrected chi connectivity index (χ2v) is 15.6. The molecule has 13 rings (SSSR count). The van der Waals surface area contributed by atoms with Crippen molar-refractivity contribution < 1.29 is 4.42 Å². The molecule has 4 heteroatoms. The highest BCUT2D eigenvalue weighted by atomic mass is 16.3. The molecule has 0 spiro atoms. The first kappa shape index (κ1) is 31.6. The number of hydrogen-bond donors (Lipinski definition) is 0. The van der Waals surface area contributed by atoms with E-state index in [0.717, 1.165) is 28.7 Å². The Balaban J connectivity index is 1.11. The predicted octanol–water partition coefficient (Wildman–Crippen LogP) is 14.6. The highest BCUT2D eigenvalue weighted by Crippen LogP contribution is 2.46. The zero-order chi connectivity index (χ0) is 37.9. The van der Waals surface area contributed by atoms with E-state index in [9.17, 15) is 0 Å². The molecule has 0 saturated heterocycles. The number of hydrogen-bond acceptors (Lipinski definition) is 1. The highest BCUT2D eigenvalue weighted by molar-refractivity contribution is 6.30. The summed E-state index contributed by atoms with van der Waals surface area (Å²) in [6.45, 7) is 0. The van der Waals surface area contributed by atoms with Crippen LogP contribution >= 0.6 is 0 Å². The van der Waals surface area contributed by atoms with Crippen LogP contribution in [-0.4, -0.2) is 13.7 Å². The second-order valence-electron chi connectivity index (χ2n) is 15.6. The average molecular weight is 742 g/mol. The predicted molar refractivity (Wildman–Crippen MR) is 243 cm³/mol. The standard InChI is InChI=1S/C54H35N3O/c1-4-14-36(15-5-1)55-43-22-12-10-20-39(43)51-45(55)28-29-46-53(51)42-32-34(25-27-44(42)56(46)37-16-6-2-7-17-37)35-24-26-40-48(33-35)57(38-18-8-3-9-19-38)47-30-31-50-54(52(40)47)41-21-11-13-23-49(41)58-50/h1-16,18-33,37H,17H2. The van der Waals surface area contributed by atoms with Gasteiger partial charge in [-0.05, 0) is 96.4 Å². The van der Waals surface area contributed by atoms with Gasteiger partial charge in [-0.25, -0.2) is 0 Å². The Morgan fingerprint density at radius 1 is 0.397 bits per heavy atom. The summed E-state index contributed by atoms with van der Waals surface area (Å²) in [5.41, 5.74) is 13.8.